The second-order valence-corrected chi connectivity index (χ2v) is 9.33. The van der Waals surface area contributed by atoms with Crippen LogP contribution in [0.3, 0.4) is 0 Å². The van der Waals surface area contributed by atoms with E-state index in [4.69, 9.17) is 24.3 Å². The lowest BCUT2D eigenvalue weighted by atomic mass is 9.89. The van der Waals surface area contributed by atoms with Crippen LogP contribution in [-0.2, 0) is 27.9 Å². The van der Waals surface area contributed by atoms with E-state index in [2.05, 4.69) is 4.98 Å². The van der Waals surface area contributed by atoms with Crippen LogP contribution in [0.1, 0.15) is 26.5 Å². The van der Waals surface area contributed by atoms with E-state index in [1.54, 1.807) is 6.92 Å². The second-order valence-electron chi connectivity index (χ2n) is 7.96. The number of hydrogen-bond donors (Lipinski definition) is 6. The fraction of sp³-hybridized carbons (Fsp3) is 0.706. The Labute approximate surface area is 186 Å². The molecule has 0 aliphatic carbocycles. The number of anilines is 1. The lowest BCUT2D eigenvalue weighted by Crippen LogP contribution is -2.55. The number of aromatic nitrogens is 2. The van der Waals surface area contributed by atoms with Crippen molar-refractivity contribution in [3.63, 3.8) is 0 Å². The first-order valence-electron chi connectivity index (χ1n) is 9.90. The van der Waals surface area contributed by atoms with Gasteiger partial charge in [0.05, 0.1) is 18.8 Å². The third kappa shape index (κ3) is 5.26. The minimum atomic E-state index is -5.15. The normalized spacial score (nSPS) is 38.7. The van der Waals surface area contributed by atoms with Crippen molar-refractivity contribution in [2.24, 2.45) is 5.92 Å². The Bertz CT molecular complexity index is 976. The maximum absolute atomic E-state index is 12.5. The average Bonchev–Trinajstić information content (AvgIpc) is 2.98. The molecule has 15 nitrogen and oxygen atoms in total. The predicted octanol–water partition coefficient (Wildman–Crippen LogP) is -1.83. The van der Waals surface area contributed by atoms with E-state index in [1.807, 2.05) is 0 Å². The maximum atomic E-state index is 12.5. The largest absolute Gasteiger partial charge is 0.477 e. The number of nitrogens with zero attached hydrogens (tertiary/aromatic N) is 2. The number of hydrogen-bond acceptors (Lipinski definition) is 12. The van der Waals surface area contributed by atoms with Gasteiger partial charge in [-0.15, -0.1) is 0 Å². The number of ether oxygens (including phenoxy) is 2. The summed E-state index contributed by atoms with van der Waals surface area (Å²) in [6.07, 6.45) is -7.59. The van der Waals surface area contributed by atoms with Crippen LogP contribution in [-0.4, -0.2) is 83.8 Å². The highest BCUT2D eigenvalue weighted by atomic mass is 31.2. The molecule has 16 heteroatoms. The zero-order valence-electron chi connectivity index (χ0n) is 17.6. The molecule has 0 spiro atoms. The van der Waals surface area contributed by atoms with Crippen molar-refractivity contribution >= 4 is 19.6 Å². The number of carbonyl (C=O) groups is 1. The van der Waals surface area contributed by atoms with E-state index in [-0.39, 0.29) is 5.82 Å². The molecular formula is C17H26N3O12P. The molecule has 2 aliphatic heterocycles. The van der Waals surface area contributed by atoms with Gasteiger partial charge in [-0.2, -0.15) is 4.98 Å². The van der Waals surface area contributed by atoms with E-state index in [1.165, 1.54) is 19.2 Å². The fourth-order valence-corrected chi connectivity index (χ4v) is 4.52. The van der Waals surface area contributed by atoms with Crippen molar-refractivity contribution in [1.29, 1.82) is 0 Å². The second kappa shape index (κ2) is 9.37. The first-order chi connectivity index (χ1) is 15.3. The Morgan fingerprint density at radius 2 is 2.03 bits per heavy atom. The topological polar surface area (TPSA) is 233 Å². The smallest absolute Gasteiger partial charge is 0.475 e. The number of phosphoric acid groups is 1. The van der Waals surface area contributed by atoms with Gasteiger partial charge in [0.2, 0.25) is 0 Å². The van der Waals surface area contributed by atoms with Gasteiger partial charge in [0.1, 0.15) is 24.1 Å². The van der Waals surface area contributed by atoms with Gasteiger partial charge in [0, 0.05) is 18.5 Å². The molecule has 186 valence electrons. The summed E-state index contributed by atoms with van der Waals surface area (Å²) >= 11 is 0. The van der Waals surface area contributed by atoms with Crippen LogP contribution in [0.15, 0.2) is 17.1 Å². The van der Waals surface area contributed by atoms with E-state index in [9.17, 15) is 39.5 Å². The summed E-state index contributed by atoms with van der Waals surface area (Å²) in [5.74, 6) is -4.95. The van der Waals surface area contributed by atoms with Gasteiger partial charge in [-0.25, -0.2) is 18.7 Å². The zero-order chi connectivity index (χ0) is 24.7. The number of phosphoric ester groups is 1. The van der Waals surface area contributed by atoms with Gasteiger partial charge in [-0.1, -0.05) is 6.92 Å². The minimum absolute atomic E-state index is 0.0753. The van der Waals surface area contributed by atoms with E-state index in [0.29, 0.717) is 0 Å². The number of carboxylic acids is 1. The van der Waals surface area contributed by atoms with Crippen LogP contribution in [0.2, 0.25) is 0 Å². The first-order valence-corrected chi connectivity index (χ1v) is 11.4. The molecule has 0 aromatic carbocycles. The SMILES string of the molecule is CC1OC(OP(=O)(O)OC[C@H]2O[C@@H](n3ccc(N)nc3=O)[C@H](O)[C@@H]2O)(C(=O)O)CC(O)C1C. The summed E-state index contributed by atoms with van der Waals surface area (Å²) in [4.78, 5) is 37.3. The highest BCUT2D eigenvalue weighted by molar-refractivity contribution is 7.47. The molecule has 0 saturated carbocycles. The molecule has 3 heterocycles. The summed E-state index contributed by atoms with van der Waals surface area (Å²) < 4.78 is 33.6. The Balaban J connectivity index is 1.70. The first kappa shape index (κ1) is 25.7. The third-order valence-corrected chi connectivity index (χ3v) is 6.66. The number of aliphatic hydroxyl groups is 3. The molecule has 33 heavy (non-hydrogen) atoms. The number of nitrogen functional groups attached to an aromatic ring is 1. The summed E-state index contributed by atoms with van der Waals surface area (Å²) in [7, 11) is -5.15. The van der Waals surface area contributed by atoms with Gasteiger partial charge in [-0.3, -0.25) is 9.09 Å². The van der Waals surface area contributed by atoms with Crippen molar-refractivity contribution in [3.05, 3.63) is 22.7 Å². The summed E-state index contributed by atoms with van der Waals surface area (Å²) in [6, 6.07) is 1.26. The highest BCUT2D eigenvalue weighted by Gasteiger charge is 2.55. The molecule has 1 aromatic rings. The number of aliphatic carboxylic acids is 1. The van der Waals surface area contributed by atoms with Crippen LogP contribution in [0.25, 0.3) is 0 Å². The van der Waals surface area contributed by atoms with Crippen LogP contribution in [0.4, 0.5) is 5.82 Å². The Hall–Kier alpha value is -1.94. The molecule has 5 unspecified atom stereocenters. The van der Waals surface area contributed by atoms with Gasteiger partial charge in [-0.05, 0) is 13.0 Å². The fourth-order valence-electron chi connectivity index (χ4n) is 3.56. The molecule has 3 rings (SSSR count). The summed E-state index contributed by atoms with van der Waals surface area (Å²) in [5, 5.41) is 40.1. The molecule has 0 radical (unpaired) electrons. The van der Waals surface area contributed by atoms with Crippen molar-refractivity contribution < 1.29 is 53.2 Å². The molecule has 7 N–H and O–H groups in total. The molecule has 1 aromatic heterocycles. The van der Waals surface area contributed by atoms with Gasteiger partial charge in [0.15, 0.2) is 6.23 Å². The van der Waals surface area contributed by atoms with Crippen molar-refractivity contribution in [1.82, 2.24) is 9.55 Å². The van der Waals surface area contributed by atoms with Crippen LogP contribution < -0.4 is 11.4 Å². The number of nitrogens with two attached hydrogens (primary N) is 1. The molecule has 0 amide bonds. The Kier molecular flexibility index (Phi) is 7.29. The molecule has 2 fully saturated rings. The van der Waals surface area contributed by atoms with Gasteiger partial charge >= 0.3 is 19.5 Å². The van der Waals surface area contributed by atoms with E-state index >= 15 is 0 Å². The number of carboxylic acid groups (broad SMARTS) is 1. The van der Waals surface area contributed by atoms with Crippen LogP contribution in [0.5, 0.6) is 0 Å². The average molecular weight is 495 g/mol. The van der Waals surface area contributed by atoms with E-state index < -0.39 is 81.0 Å². The van der Waals surface area contributed by atoms with Gasteiger partial charge in [0.25, 0.3) is 5.79 Å². The lowest BCUT2D eigenvalue weighted by molar-refractivity contribution is -0.273. The monoisotopic (exact) mass is 495 g/mol. The third-order valence-electron chi connectivity index (χ3n) is 5.65. The van der Waals surface area contributed by atoms with Crippen molar-refractivity contribution in [3.8, 4) is 0 Å². The van der Waals surface area contributed by atoms with Crippen molar-refractivity contribution in [2.75, 3.05) is 12.3 Å². The predicted molar refractivity (Wildman–Crippen MR) is 106 cm³/mol. The summed E-state index contributed by atoms with van der Waals surface area (Å²) in [5.41, 5.74) is 4.54. The minimum Gasteiger partial charge on any atom is -0.477 e. The van der Waals surface area contributed by atoms with E-state index in [0.717, 1.165) is 4.57 Å². The zero-order valence-corrected chi connectivity index (χ0v) is 18.5. The molecule has 2 saturated heterocycles. The van der Waals surface area contributed by atoms with Crippen LogP contribution in [0, 0.1) is 5.92 Å². The standard InChI is InChI=1S/C17H26N3O12P/c1-7-8(2)31-17(15(24)25,5-9(7)21)32-33(27,28)29-6-10-12(22)13(23)14(30-10)20-4-3-11(18)19-16(20)26/h3-4,7-10,12-14,21-23H,5-6H2,1-2H3,(H,24,25)(H,27,28)(H2,18,19,26)/t7?,8?,9?,10-,12-,13-,14-,17?/m1/s1. The van der Waals surface area contributed by atoms with Crippen LogP contribution >= 0.6 is 7.82 Å². The quantitative estimate of drug-likeness (QED) is 0.228. The number of rotatable bonds is 7. The highest BCUT2D eigenvalue weighted by Crippen LogP contribution is 2.51. The van der Waals surface area contributed by atoms with Crippen molar-refractivity contribution in [2.45, 2.75) is 62.8 Å². The molecule has 2 aliphatic rings. The Morgan fingerprint density at radius 1 is 1.36 bits per heavy atom. The summed E-state index contributed by atoms with van der Waals surface area (Å²) in [6.45, 7) is 2.25. The number of aliphatic hydroxyl groups excluding tert-OH is 3. The molecule has 9 atom stereocenters. The van der Waals surface area contributed by atoms with Gasteiger partial charge < -0.3 is 40.5 Å². The molecular weight excluding hydrogens is 469 g/mol. The molecule has 0 bridgehead atoms. The maximum Gasteiger partial charge on any atom is 0.475 e. The lowest BCUT2D eigenvalue weighted by Gasteiger charge is -2.42. The Morgan fingerprint density at radius 3 is 2.61 bits per heavy atom.